The highest BCUT2D eigenvalue weighted by Gasteiger charge is 2.19. The number of hydrogen-bond acceptors (Lipinski definition) is 6. The van der Waals surface area contributed by atoms with E-state index in [0.717, 1.165) is 51.4 Å². The molecule has 0 aromatic heterocycles. The van der Waals surface area contributed by atoms with Crippen molar-refractivity contribution >= 4 is 17.9 Å². The number of esters is 3. The van der Waals surface area contributed by atoms with Crippen LogP contribution in [0.4, 0.5) is 0 Å². The molecule has 0 N–H and O–H groups in total. The summed E-state index contributed by atoms with van der Waals surface area (Å²) < 4.78 is 16.8. The molecule has 0 saturated heterocycles. The van der Waals surface area contributed by atoms with E-state index in [4.69, 9.17) is 14.2 Å². The van der Waals surface area contributed by atoms with Crippen molar-refractivity contribution in [2.24, 2.45) is 0 Å². The van der Waals surface area contributed by atoms with Crippen LogP contribution in [-0.2, 0) is 28.6 Å². The van der Waals surface area contributed by atoms with Crippen molar-refractivity contribution in [1.29, 1.82) is 0 Å². The second kappa shape index (κ2) is 53.7. The van der Waals surface area contributed by atoms with Crippen LogP contribution >= 0.6 is 0 Å². The Hall–Kier alpha value is -2.89. The predicted octanol–water partition coefficient (Wildman–Crippen LogP) is 18.4. The van der Waals surface area contributed by atoms with E-state index >= 15 is 0 Å². The number of unbranched alkanes of at least 4 members (excludes halogenated alkanes) is 33. The van der Waals surface area contributed by atoms with Crippen LogP contribution < -0.4 is 0 Å². The van der Waals surface area contributed by atoms with Gasteiger partial charge in [0.1, 0.15) is 13.2 Å². The Morgan fingerprint density at radius 3 is 0.938 bits per heavy atom. The number of carbonyl (C=O) groups is 3. The van der Waals surface area contributed by atoms with Gasteiger partial charge in [0.2, 0.25) is 0 Å². The first-order valence-electron chi connectivity index (χ1n) is 27.9. The minimum Gasteiger partial charge on any atom is -0.462 e. The van der Waals surface area contributed by atoms with Crippen LogP contribution in [0.25, 0.3) is 0 Å². The lowest BCUT2D eigenvalue weighted by Crippen LogP contribution is -2.30. The molecule has 0 heterocycles. The summed E-state index contributed by atoms with van der Waals surface area (Å²) >= 11 is 0. The molecule has 0 rings (SSSR count). The van der Waals surface area contributed by atoms with Gasteiger partial charge in [0.25, 0.3) is 0 Å². The molecule has 0 amide bonds. The Labute approximate surface area is 402 Å². The molecule has 0 aliphatic heterocycles. The number of hydrogen-bond donors (Lipinski definition) is 0. The highest BCUT2D eigenvalue weighted by Crippen LogP contribution is 2.17. The number of rotatable bonds is 50. The van der Waals surface area contributed by atoms with E-state index in [1.54, 1.807) is 0 Å². The van der Waals surface area contributed by atoms with Crippen molar-refractivity contribution in [1.82, 2.24) is 0 Å². The van der Waals surface area contributed by atoms with Gasteiger partial charge in [-0.1, -0.05) is 287 Å². The Kier molecular flexibility index (Phi) is 51.3. The lowest BCUT2D eigenvalue weighted by molar-refractivity contribution is -0.167. The summed E-state index contributed by atoms with van der Waals surface area (Å²) in [4.78, 5) is 38.0. The fourth-order valence-corrected chi connectivity index (χ4v) is 8.00. The minimum absolute atomic E-state index is 0.0926. The first-order valence-corrected chi connectivity index (χ1v) is 27.9. The Balaban J connectivity index is 4.39. The molecule has 0 saturated carbocycles. The third kappa shape index (κ3) is 51.9. The van der Waals surface area contributed by atoms with Crippen LogP contribution in [0.3, 0.4) is 0 Å². The lowest BCUT2D eigenvalue weighted by Gasteiger charge is -2.18. The average Bonchev–Trinajstić information content (AvgIpc) is 3.30. The van der Waals surface area contributed by atoms with E-state index in [2.05, 4.69) is 26.8 Å². The summed E-state index contributed by atoms with van der Waals surface area (Å²) in [5.41, 5.74) is 0. The molecule has 0 spiro atoms. The maximum absolute atomic E-state index is 12.8. The number of allylic oxidation sites excluding steroid dienone is 10. The maximum Gasteiger partial charge on any atom is 0.306 e. The summed E-state index contributed by atoms with van der Waals surface area (Å²) in [5, 5.41) is 0. The third-order valence-corrected chi connectivity index (χ3v) is 12.2. The molecule has 1 atom stereocenters. The van der Waals surface area contributed by atoms with Crippen LogP contribution in [0.15, 0.2) is 60.8 Å². The van der Waals surface area contributed by atoms with E-state index in [1.165, 1.54) is 180 Å². The van der Waals surface area contributed by atoms with Crippen molar-refractivity contribution in [2.45, 2.75) is 284 Å². The van der Waals surface area contributed by atoms with Gasteiger partial charge in [0.05, 0.1) is 0 Å². The van der Waals surface area contributed by atoms with Crippen molar-refractivity contribution in [3.8, 4) is 0 Å². The highest BCUT2D eigenvalue weighted by molar-refractivity contribution is 5.71. The second-order valence-electron chi connectivity index (χ2n) is 18.6. The quantitative estimate of drug-likeness (QED) is 0.0262. The van der Waals surface area contributed by atoms with Crippen LogP contribution in [0.5, 0.6) is 0 Å². The summed E-state index contributed by atoms with van der Waals surface area (Å²) in [7, 11) is 0. The zero-order chi connectivity index (χ0) is 47.2. The van der Waals surface area contributed by atoms with E-state index in [9.17, 15) is 14.4 Å². The van der Waals surface area contributed by atoms with Gasteiger partial charge in [-0.05, 0) is 32.1 Å². The van der Waals surface area contributed by atoms with Gasteiger partial charge in [0.15, 0.2) is 6.10 Å². The summed E-state index contributed by atoms with van der Waals surface area (Å²) in [5.74, 6) is -0.957. The first-order chi connectivity index (χ1) is 32.0. The molecule has 1 unspecified atom stereocenters. The molecule has 376 valence electrons. The third-order valence-electron chi connectivity index (χ3n) is 12.2. The van der Waals surface area contributed by atoms with Crippen LogP contribution in [0.2, 0.25) is 0 Å². The molecule has 0 aromatic rings. The van der Waals surface area contributed by atoms with E-state index in [0.29, 0.717) is 19.3 Å². The summed E-state index contributed by atoms with van der Waals surface area (Å²) in [6.07, 6.45) is 66.5. The smallest absolute Gasteiger partial charge is 0.306 e. The monoisotopic (exact) mass is 909 g/mol. The molecule has 6 heteroatoms. The fourth-order valence-electron chi connectivity index (χ4n) is 8.00. The average molecular weight is 909 g/mol. The standard InChI is InChI=1S/C59H104O6/c1-4-7-10-13-16-19-22-25-27-29-30-32-34-37-40-43-46-49-52-58(61)64-55-56(54-63-57(60)51-48-45-42-39-36-33-24-21-18-15-12-9-6-3)65-59(62)53-50-47-44-41-38-35-31-28-26-23-20-17-14-11-8-5-2/h9,12,15,18,21,24,33,36,39,42,56H,4-8,10-11,13-14,16-17,19-20,22-23,25-32,34-35,37-38,40-41,43-55H2,1-3H3/b12-9+,18-15+,24-21+,36-33+,42-39+. The van der Waals surface area contributed by atoms with Gasteiger partial charge < -0.3 is 14.2 Å². The molecule has 65 heavy (non-hydrogen) atoms. The van der Waals surface area contributed by atoms with Crippen molar-refractivity contribution in [3.05, 3.63) is 60.8 Å². The molecule has 0 aromatic carbocycles. The van der Waals surface area contributed by atoms with E-state index in [-0.39, 0.29) is 37.5 Å². The van der Waals surface area contributed by atoms with Gasteiger partial charge in [-0.3, -0.25) is 14.4 Å². The topological polar surface area (TPSA) is 78.9 Å². The van der Waals surface area contributed by atoms with Gasteiger partial charge in [-0.25, -0.2) is 0 Å². The normalized spacial score (nSPS) is 12.5. The zero-order valence-electron chi connectivity index (χ0n) is 43.0. The molecular weight excluding hydrogens is 805 g/mol. The molecular formula is C59H104O6. The van der Waals surface area contributed by atoms with Crippen molar-refractivity contribution in [2.75, 3.05) is 13.2 Å². The SMILES string of the molecule is CC/C=C/C=C/C=C/C=C/C=C/CCCC(=O)OCC(COC(=O)CCCCCCCCCCCCCCCCCCCC)OC(=O)CCCCCCCCCCCCCCCCCC. The Morgan fingerprint density at radius 1 is 0.323 bits per heavy atom. The molecule has 0 bridgehead atoms. The molecule has 6 nitrogen and oxygen atoms in total. The van der Waals surface area contributed by atoms with Gasteiger partial charge in [-0.2, -0.15) is 0 Å². The number of ether oxygens (including phenoxy) is 3. The summed E-state index contributed by atoms with van der Waals surface area (Å²) in [6, 6.07) is 0. The minimum atomic E-state index is -0.799. The maximum atomic E-state index is 12.8. The van der Waals surface area contributed by atoms with Gasteiger partial charge >= 0.3 is 17.9 Å². The predicted molar refractivity (Wildman–Crippen MR) is 279 cm³/mol. The zero-order valence-corrected chi connectivity index (χ0v) is 43.0. The van der Waals surface area contributed by atoms with E-state index < -0.39 is 6.10 Å². The Bertz CT molecular complexity index is 1180. The van der Waals surface area contributed by atoms with Crippen LogP contribution in [0, 0.1) is 0 Å². The van der Waals surface area contributed by atoms with Crippen molar-refractivity contribution < 1.29 is 28.6 Å². The molecule has 0 fully saturated rings. The first kappa shape index (κ1) is 62.1. The van der Waals surface area contributed by atoms with E-state index in [1.807, 2.05) is 54.7 Å². The molecule has 0 aliphatic rings. The van der Waals surface area contributed by atoms with Gasteiger partial charge in [-0.15, -0.1) is 0 Å². The molecule has 0 radical (unpaired) electrons. The molecule has 0 aliphatic carbocycles. The van der Waals surface area contributed by atoms with Crippen LogP contribution in [-0.4, -0.2) is 37.2 Å². The van der Waals surface area contributed by atoms with Crippen molar-refractivity contribution in [3.63, 3.8) is 0 Å². The summed E-state index contributed by atoms with van der Waals surface area (Å²) in [6.45, 7) is 6.47. The lowest BCUT2D eigenvalue weighted by atomic mass is 10.0. The fraction of sp³-hybridized carbons (Fsp3) is 0.780. The number of carbonyl (C=O) groups excluding carboxylic acids is 3. The second-order valence-corrected chi connectivity index (χ2v) is 18.6. The van der Waals surface area contributed by atoms with Gasteiger partial charge in [0, 0.05) is 19.3 Å². The Morgan fingerprint density at radius 2 is 0.600 bits per heavy atom. The highest BCUT2D eigenvalue weighted by atomic mass is 16.6. The largest absolute Gasteiger partial charge is 0.462 e. The van der Waals surface area contributed by atoms with Crippen LogP contribution in [0.1, 0.15) is 278 Å².